The lowest BCUT2D eigenvalue weighted by Gasteiger charge is -2.34. The molecular weight excluding hydrogens is 352 g/mol. The van der Waals surface area contributed by atoms with Gasteiger partial charge in [-0.15, -0.1) is 0 Å². The normalized spacial score (nSPS) is 16.3. The van der Waals surface area contributed by atoms with Crippen LogP contribution in [-0.4, -0.2) is 34.9 Å². The number of nitrogens with two attached hydrogens (primary N) is 1. The summed E-state index contributed by atoms with van der Waals surface area (Å²) in [5, 5.41) is 11.2. The zero-order chi connectivity index (χ0) is 18.7. The van der Waals surface area contributed by atoms with Crippen molar-refractivity contribution in [2.45, 2.75) is 18.9 Å². The van der Waals surface area contributed by atoms with Gasteiger partial charge in [-0.2, -0.15) is 0 Å². The summed E-state index contributed by atoms with van der Waals surface area (Å²) >= 11 is 5.89. The number of primary amides is 1. The smallest absolute Gasteiger partial charge is 0.253 e. The third kappa shape index (κ3) is 4.06. The van der Waals surface area contributed by atoms with Crippen LogP contribution in [0.2, 0.25) is 5.02 Å². The van der Waals surface area contributed by atoms with E-state index in [1.807, 2.05) is 12.1 Å². The Morgan fingerprint density at radius 3 is 2.31 bits per heavy atom. The van der Waals surface area contributed by atoms with Crippen LogP contribution in [0.25, 0.3) is 0 Å². The maximum Gasteiger partial charge on any atom is 0.253 e. The molecule has 1 aliphatic heterocycles. The summed E-state index contributed by atoms with van der Waals surface area (Å²) in [5.41, 5.74) is 6.90. The summed E-state index contributed by atoms with van der Waals surface area (Å²) in [5.74, 6) is -0.575. The summed E-state index contributed by atoms with van der Waals surface area (Å²) in [7, 11) is 0. The van der Waals surface area contributed by atoms with E-state index in [9.17, 15) is 14.7 Å². The van der Waals surface area contributed by atoms with Gasteiger partial charge in [0.2, 0.25) is 5.91 Å². The first kappa shape index (κ1) is 18.4. The van der Waals surface area contributed by atoms with Crippen LogP contribution in [0.15, 0.2) is 48.5 Å². The lowest BCUT2D eigenvalue weighted by molar-refractivity contribution is 0.0462. The van der Waals surface area contributed by atoms with Crippen LogP contribution in [0.3, 0.4) is 0 Å². The van der Waals surface area contributed by atoms with E-state index in [2.05, 4.69) is 0 Å². The molecule has 1 unspecified atom stereocenters. The van der Waals surface area contributed by atoms with Gasteiger partial charge in [0.15, 0.2) is 0 Å². The van der Waals surface area contributed by atoms with Gasteiger partial charge in [0.05, 0.1) is 6.10 Å². The molecule has 0 saturated carbocycles. The molecule has 0 aliphatic carbocycles. The predicted molar refractivity (Wildman–Crippen MR) is 100.0 cm³/mol. The Morgan fingerprint density at radius 1 is 1.08 bits per heavy atom. The Kier molecular flexibility index (Phi) is 5.59. The monoisotopic (exact) mass is 372 g/mol. The predicted octanol–water partition coefficient (Wildman–Crippen LogP) is 3.02. The quantitative estimate of drug-likeness (QED) is 0.865. The molecular formula is C20H21ClN2O3. The van der Waals surface area contributed by atoms with E-state index < -0.39 is 12.0 Å². The van der Waals surface area contributed by atoms with E-state index in [4.69, 9.17) is 17.3 Å². The van der Waals surface area contributed by atoms with E-state index in [1.165, 1.54) is 6.07 Å². The molecule has 3 rings (SSSR count). The molecule has 0 aromatic heterocycles. The fourth-order valence-corrected chi connectivity index (χ4v) is 3.46. The van der Waals surface area contributed by atoms with Gasteiger partial charge in [-0.25, -0.2) is 0 Å². The standard InChI is InChI=1S/C20H21ClN2O3/c21-17-6-4-13(5-7-17)18(24)14-8-10-23(11-9-14)20(26)16-3-1-2-15(12-16)19(22)25/h1-7,12,14,18,24H,8-11H2,(H2,22,25). The van der Waals surface area contributed by atoms with E-state index in [-0.39, 0.29) is 11.8 Å². The van der Waals surface area contributed by atoms with Gasteiger partial charge < -0.3 is 15.7 Å². The molecule has 2 aromatic carbocycles. The summed E-state index contributed by atoms with van der Waals surface area (Å²) < 4.78 is 0. The third-order valence-electron chi connectivity index (χ3n) is 4.88. The van der Waals surface area contributed by atoms with E-state index >= 15 is 0 Å². The average Bonchev–Trinajstić information content (AvgIpc) is 2.67. The molecule has 136 valence electrons. The van der Waals surface area contributed by atoms with Crippen molar-refractivity contribution in [2.75, 3.05) is 13.1 Å². The van der Waals surface area contributed by atoms with Crippen molar-refractivity contribution >= 4 is 23.4 Å². The van der Waals surface area contributed by atoms with E-state index in [0.717, 1.165) is 5.56 Å². The van der Waals surface area contributed by atoms with Crippen molar-refractivity contribution in [1.29, 1.82) is 0 Å². The number of halogens is 1. The Hall–Kier alpha value is -2.37. The molecule has 2 aromatic rings. The molecule has 26 heavy (non-hydrogen) atoms. The minimum Gasteiger partial charge on any atom is -0.388 e. The zero-order valence-corrected chi connectivity index (χ0v) is 15.0. The van der Waals surface area contributed by atoms with Crippen LogP contribution in [0, 0.1) is 5.92 Å². The lowest BCUT2D eigenvalue weighted by atomic mass is 9.87. The Bertz CT molecular complexity index is 799. The molecule has 5 nitrogen and oxygen atoms in total. The maximum atomic E-state index is 12.7. The number of nitrogens with zero attached hydrogens (tertiary/aromatic N) is 1. The number of hydrogen-bond acceptors (Lipinski definition) is 3. The van der Waals surface area contributed by atoms with Crippen molar-refractivity contribution < 1.29 is 14.7 Å². The van der Waals surface area contributed by atoms with Gasteiger partial charge in [0, 0.05) is 29.2 Å². The Balaban J connectivity index is 1.62. The first-order valence-corrected chi connectivity index (χ1v) is 8.96. The van der Waals surface area contributed by atoms with Gasteiger partial charge in [-0.3, -0.25) is 9.59 Å². The molecule has 1 atom stereocenters. The Labute approximate surface area is 157 Å². The first-order valence-electron chi connectivity index (χ1n) is 8.58. The number of carbonyl (C=O) groups excluding carboxylic acids is 2. The highest BCUT2D eigenvalue weighted by Crippen LogP contribution is 2.31. The van der Waals surface area contributed by atoms with Crippen molar-refractivity contribution in [1.82, 2.24) is 4.90 Å². The van der Waals surface area contributed by atoms with Crippen LogP contribution in [-0.2, 0) is 0 Å². The second-order valence-corrected chi connectivity index (χ2v) is 7.01. The highest BCUT2D eigenvalue weighted by Gasteiger charge is 2.28. The van der Waals surface area contributed by atoms with Gasteiger partial charge >= 0.3 is 0 Å². The molecule has 1 heterocycles. The van der Waals surface area contributed by atoms with E-state index in [1.54, 1.807) is 35.2 Å². The fraction of sp³-hybridized carbons (Fsp3) is 0.300. The second-order valence-electron chi connectivity index (χ2n) is 6.57. The molecule has 1 saturated heterocycles. The van der Waals surface area contributed by atoms with Crippen LogP contribution in [0.5, 0.6) is 0 Å². The van der Waals surface area contributed by atoms with Crippen molar-refractivity contribution in [3.63, 3.8) is 0 Å². The largest absolute Gasteiger partial charge is 0.388 e. The number of carbonyl (C=O) groups is 2. The number of piperidine rings is 1. The highest BCUT2D eigenvalue weighted by atomic mass is 35.5. The number of likely N-dealkylation sites (tertiary alicyclic amines) is 1. The number of amides is 2. The maximum absolute atomic E-state index is 12.7. The molecule has 1 aliphatic rings. The molecule has 0 spiro atoms. The van der Waals surface area contributed by atoms with Gasteiger partial charge in [0.25, 0.3) is 5.91 Å². The summed E-state index contributed by atoms with van der Waals surface area (Å²) in [6, 6.07) is 13.7. The summed E-state index contributed by atoms with van der Waals surface area (Å²) in [6.45, 7) is 1.13. The van der Waals surface area contributed by atoms with Crippen LogP contribution < -0.4 is 5.73 Å². The fourth-order valence-electron chi connectivity index (χ4n) is 3.34. The van der Waals surface area contributed by atoms with E-state index in [0.29, 0.717) is 42.1 Å². The number of hydrogen-bond donors (Lipinski definition) is 2. The molecule has 0 bridgehead atoms. The summed E-state index contributed by atoms with van der Waals surface area (Å²) in [4.78, 5) is 25.7. The molecule has 3 N–H and O–H groups in total. The van der Waals surface area contributed by atoms with Crippen molar-refractivity contribution in [2.24, 2.45) is 11.7 Å². The number of benzene rings is 2. The molecule has 1 fully saturated rings. The van der Waals surface area contributed by atoms with Gasteiger partial charge in [0.1, 0.15) is 0 Å². The molecule has 0 radical (unpaired) electrons. The minimum absolute atomic E-state index is 0.0946. The van der Waals surface area contributed by atoms with Crippen LogP contribution in [0.4, 0.5) is 0 Å². The van der Waals surface area contributed by atoms with Gasteiger partial charge in [-0.1, -0.05) is 29.8 Å². The topological polar surface area (TPSA) is 83.6 Å². The van der Waals surface area contributed by atoms with Gasteiger partial charge in [-0.05, 0) is 54.7 Å². The molecule has 6 heteroatoms. The highest BCUT2D eigenvalue weighted by molar-refractivity contribution is 6.30. The molecule has 2 amide bonds. The van der Waals surface area contributed by atoms with Crippen molar-refractivity contribution in [3.05, 3.63) is 70.2 Å². The van der Waals surface area contributed by atoms with Crippen molar-refractivity contribution in [3.8, 4) is 0 Å². The summed E-state index contributed by atoms with van der Waals surface area (Å²) in [6.07, 6.45) is 0.860. The number of rotatable bonds is 4. The average molecular weight is 373 g/mol. The Morgan fingerprint density at radius 2 is 1.69 bits per heavy atom. The number of aliphatic hydroxyl groups excluding tert-OH is 1. The SMILES string of the molecule is NC(=O)c1cccc(C(=O)N2CCC(C(O)c3ccc(Cl)cc3)CC2)c1. The first-order chi connectivity index (χ1) is 12.5. The third-order valence-corrected chi connectivity index (χ3v) is 5.13. The van der Waals surface area contributed by atoms with Crippen LogP contribution in [0.1, 0.15) is 45.2 Å². The minimum atomic E-state index is -0.567. The number of aliphatic hydroxyl groups is 1. The zero-order valence-electron chi connectivity index (χ0n) is 14.3. The lowest BCUT2D eigenvalue weighted by Crippen LogP contribution is -2.39. The second kappa shape index (κ2) is 7.89. The van der Waals surface area contributed by atoms with Crippen LogP contribution >= 0.6 is 11.6 Å².